The van der Waals surface area contributed by atoms with Crippen molar-refractivity contribution >= 4 is 5.97 Å². The highest BCUT2D eigenvalue weighted by Gasteiger charge is 2.15. The maximum absolute atomic E-state index is 14.3. The Bertz CT molecular complexity index is 693. The largest absolute Gasteiger partial charge is 0.481 e. The third-order valence-electron chi connectivity index (χ3n) is 3.86. The van der Waals surface area contributed by atoms with Crippen molar-refractivity contribution in [3.63, 3.8) is 0 Å². The lowest BCUT2D eigenvalue weighted by atomic mass is 10.0. The van der Waals surface area contributed by atoms with Gasteiger partial charge in [0.1, 0.15) is 5.75 Å². The molecule has 0 radical (unpaired) electrons. The Morgan fingerprint density at radius 1 is 1.24 bits per heavy atom. The second-order valence-electron chi connectivity index (χ2n) is 5.88. The summed E-state index contributed by atoms with van der Waals surface area (Å²) in [4.78, 5) is 10.7. The molecule has 134 valence electrons. The number of benzene rings is 2. The van der Waals surface area contributed by atoms with Crippen LogP contribution in [-0.4, -0.2) is 29.3 Å². The molecule has 2 aromatic rings. The summed E-state index contributed by atoms with van der Waals surface area (Å²) in [5.74, 6) is -1.12. The third kappa shape index (κ3) is 5.85. The highest BCUT2D eigenvalue weighted by Crippen LogP contribution is 2.26. The van der Waals surface area contributed by atoms with Crippen LogP contribution < -0.4 is 10.1 Å². The summed E-state index contributed by atoms with van der Waals surface area (Å²) in [5, 5.41) is 21.1. The van der Waals surface area contributed by atoms with Gasteiger partial charge in [0, 0.05) is 25.1 Å². The molecule has 0 spiro atoms. The molecule has 0 bridgehead atoms. The molecule has 2 aromatic carbocycles. The van der Waals surface area contributed by atoms with Gasteiger partial charge in [0.2, 0.25) is 0 Å². The molecule has 0 amide bonds. The Morgan fingerprint density at radius 2 is 1.96 bits per heavy atom. The van der Waals surface area contributed by atoms with Crippen LogP contribution in [0.15, 0.2) is 48.5 Å². The Labute approximate surface area is 146 Å². The molecule has 0 heterocycles. The van der Waals surface area contributed by atoms with E-state index in [4.69, 9.17) is 9.84 Å². The van der Waals surface area contributed by atoms with E-state index in [1.807, 2.05) is 25.1 Å². The van der Waals surface area contributed by atoms with Crippen LogP contribution in [0.25, 0.3) is 0 Å². The molecule has 0 aliphatic heterocycles. The number of carbonyl (C=O) groups is 1. The van der Waals surface area contributed by atoms with Crippen molar-refractivity contribution in [2.24, 2.45) is 5.92 Å². The van der Waals surface area contributed by atoms with Gasteiger partial charge in [-0.25, -0.2) is 4.39 Å². The van der Waals surface area contributed by atoms with Crippen LogP contribution in [0.3, 0.4) is 0 Å². The first-order chi connectivity index (χ1) is 12.0. The van der Waals surface area contributed by atoms with Crippen LogP contribution in [-0.2, 0) is 4.79 Å². The Morgan fingerprint density at radius 3 is 2.56 bits per heavy atom. The minimum Gasteiger partial charge on any atom is -0.481 e. The average Bonchev–Trinajstić information content (AvgIpc) is 2.60. The van der Waals surface area contributed by atoms with E-state index in [-0.39, 0.29) is 30.7 Å². The first kappa shape index (κ1) is 18.9. The molecule has 3 N–H and O–H groups in total. The Balaban J connectivity index is 1.97. The smallest absolute Gasteiger partial charge is 0.303 e. The van der Waals surface area contributed by atoms with E-state index in [9.17, 15) is 14.3 Å². The molecule has 0 aliphatic carbocycles. The molecule has 0 fully saturated rings. The Hall–Kier alpha value is -2.44. The summed E-state index contributed by atoms with van der Waals surface area (Å²) in [6, 6.07) is 13.5. The van der Waals surface area contributed by atoms with Gasteiger partial charge in [-0.15, -0.1) is 0 Å². The van der Waals surface area contributed by atoms with Gasteiger partial charge in [0.25, 0.3) is 0 Å². The monoisotopic (exact) mass is 347 g/mol. The number of rotatable bonds is 9. The predicted molar refractivity (Wildman–Crippen MR) is 92.2 cm³/mol. The Kier molecular flexibility index (Phi) is 6.91. The van der Waals surface area contributed by atoms with Gasteiger partial charge in [-0.05, 0) is 36.8 Å². The number of para-hydroxylation sites is 1. The molecule has 0 aromatic heterocycles. The maximum Gasteiger partial charge on any atom is 0.303 e. The zero-order valence-corrected chi connectivity index (χ0v) is 14.0. The fraction of sp³-hybridized carbons (Fsp3) is 0.316. The molecular formula is C19H22FNO4. The number of hydrogen-bond donors (Lipinski definition) is 3. The number of carboxylic acid groups (broad SMARTS) is 1. The maximum atomic E-state index is 14.3. The average molecular weight is 347 g/mol. The van der Waals surface area contributed by atoms with Crippen molar-refractivity contribution in [1.29, 1.82) is 0 Å². The van der Waals surface area contributed by atoms with Crippen molar-refractivity contribution in [3.05, 3.63) is 59.9 Å². The van der Waals surface area contributed by atoms with Crippen LogP contribution in [0.4, 0.5) is 4.39 Å². The van der Waals surface area contributed by atoms with Crippen molar-refractivity contribution in [2.45, 2.75) is 19.4 Å². The van der Waals surface area contributed by atoms with Crippen molar-refractivity contribution in [3.8, 4) is 11.5 Å². The summed E-state index contributed by atoms with van der Waals surface area (Å²) in [6.45, 7) is 1.96. The summed E-state index contributed by atoms with van der Waals surface area (Å²) in [6.07, 6.45) is -0.117. The number of ether oxygens (including phenoxy) is 1. The number of carboxylic acids is 1. The number of hydrogen-bond acceptors (Lipinski definition) is 4. The molecular weight excluding hydrogens is 325 g/mol. The van der Waals surface area contributed by atoms with E-state index in [0.717, 1.165) is 0 Å². The van der Waals surface area contributed by atoms with E-state index in [2.05, 4.69) is 5.32 Å². The molecule has 5 nitrogen and oxygen atoms in total. The summed E-state index contributed by atoms with van der Waals surface area (Å²) < 4.78 is 19.8. The minimum atomic E-state index is -0.957. The highest BCUT2D eigenvalue weighted by atomic mass is 19.1. The predicted octanol–water partition coefficient (Wildman–Crippen LogP) is 3.35. The molecule has 0 saturated heterocycles. The number of aliphatic hydroxyl groups excluding tert-OH is 1. The molecule has 2 atom stereocenters. The van der Waals surface area contributed by atoms with Crippen LogP contribution >= 0.6 is 0 Å². The first-order valence-electron chi connectivity index (χ1n) is 8.08. The van der Waals surface area contributed by atoms with Crippen LogP contribution in [0.5, 0.6) is 11.5 Å². The third-order valence-corrected chi connectivity index (χ3v) is 3.86. The SMILES string of the molecule is CC(NCC(CO)CC(=O)O)c1ccc(Oc2ccccc2)c(F)c1. The topological polar surface area (TPSA) is 78.8 Å². The van der Waals surface area contributed by atoms with Crippen molar-refractivity contribution < 1.29 is 24.1 Å². The highest BCUT2D eigenvalue weighted by molar-refractivity contribution is 5.67. The lowest BCUT2D eigenvalue weighted by molar-refractivity contribution is -0.138. The van der Waals surface area contributed by atoms with E-state index in [1.54, 1.807) is 24.3 Å². The van der Waals surface area contributed by atoms with E-state index >= 15 is 0 Å². The normalized spacial score (nSPS) is 13.2. The van der Waals surface area contributed by atoms with Crippen molar-refractivity contribution in [1.82, 2.24) is 5.32 Å². The summed E-state index contributed by atoms with van der Waals surface area (Å²) in [7, 11) is 0. The number of halogens is 1. The molecule has 0 saturated carbocycles. The molecule has 6 heteroatoms. The zero-order valence-electron chi connectivity index (χ0n) is 14.0. The lowest BCUT2D eigenvalue weighted by Gasteiger charge is -2.19. The van der Waals surface area contributed by atoms with Gasteiger partial charge in [-0.2, -0.15) is 0 Å². The van der Waals surface area contributed by atoms with Gasteiger partial charge in [-0.1, -0.05) is 24.3 Å². The summed E-state index contributed by atoms with van der Waals surface area (Å²) >= 11 is 0. The summed E-state index contributed by atoms with van der Waals surface area (Å²) in [5.41, 5.74) is 0.713. The first-order valence-corrected chi connectivity index (χ1v) is 8.08. The zero-order chi connectivity index (χ0) is 18.2. The van der Waals surface area contributed by atoms with Gasteiger partial charge in [-0.3, -0.25) is 4.79 Å². The fourth-order valence-electron chi connectivity index (χ4n) is 2.39. The molecule has 0 aliphatic rings. The molecule has 25 heavy (non-hydrogen) atoms. The van der Waals surface area contributed by atoms with Crippen LogP contribution in [0.2, 0.25) is 0 Å². The van der Waals surface area contributed by atoms with E-state index in [0.29, 0.717) is 17.9 Å². The van der Waals surface area contributed by atoms with Gasteiger partial charge in [0.05, 0.1) is 6.42 Å². The van der Waals surface area contributed by atoms with Gasteiger partial charge >= 0.3 is 5.97 Å². The minimum absolute atomic E-state index is 0.117. The standard InChI is InChI=1S/C19H22FNO4/c1-13(21-11-14(12-22)9-19(23)24)15-7-8-18(17(20)10-15)25-16-5-3-2-4-6-16/h2-8,10,13-14,21-22H,9,11-12H2,1H3,(H,23,24). The second kappa shape index (κ2) is 9.15. The number of aliphatic carboxylic acids is 1. The van der Waals surface area contributed by atoms with Gasteiger partial charge in [0.15, 0.2) is 11.6 Å². The van der Waals surface area contributed by atoms with Crippen LogP contribution in [0.1, 0.15) is 24.9 Å². The molecule has 2 unspecified atom stereocenters. The van der Waals surface area contributed by atoms with E-state index in [1.165, 1.54) is 6.07 Å². The van der Waals surface area contributed by atoms with Crippen LogP contribution in [0, 0.1) is 11.7 Å². The second-order valence-corrected chi connectivity index (χ2v) is 5.88. The number of nitrogens with one attached hydrogen (secondary N) is 1. The lowest BCUT2D eigenvalue weighted by Crippen LogP contribution is -2.29. The quantitative estimate of drug-likeness (QED) is 0.648. The van der Waals surface area contributed by atoms with Gasteiger partial charge < -0.3 is 20.3 Å². The van der Waals surface area contributed by atoms with Crippen molar-refractivity contribution in [2.75, 3.05) is 13.2 Å². The molecule has 2 rings (SSSR count). The fourth-order valence-corrected chi connectivity index (χ4v) is 2.39. The number of aliphatic hydroxyl groups is 1. The van der Waals surface area contributed by atoms with E-state index < -0.39 is 11.8 Å².